The van der Waals surface area contributed by atoms with Crippen LogP contribution in [0, 0.1) is 11.6 Å². The van der Waals surface area contributed by atoms with Crippen molar-refractivity contribution in [3.05, 3.63) is 114 Å². The molecule has 0 saturated carbocycles. The lowest BCUT2D eigenvalue weighted by atomic mass is 9.88. The van der Waals surface area contributed by atoms with E-state index in [-0.39, 0.29) is 17.3 Å². The maximum absolute atomic E-state index is 14.0. The predicted octanol–water partition coefficient (Wildman–Crippen LogP) is 5.98. The molecule has 30 heavy (non-hydrogen) atoms. The van der Waals surface area contributed by atoms with E-state index >= 15 is 0 Å². The maximum Gasteiger partial charge on any atom is 0.354 e. The molecule has 3 aromatic carbocycles. The lowest BCUT2D eigenvalue weighted by molar-refractivity contribution is 0.0690. The Hall–Kier alpha value is -3.86. The SMILES string of the molecule is O=C(O)c1ccc(Cc2cccc(-c3cccc(F)c3)c2-c2cccc(F)c2)cn1. The first kappa shape index (κ1) is 19.5. The van der Waals surface area contributed by atoms with Crippen molar-refractivity contribution in [2.75, 3.05) is 0 Å². The first-order chi connectivity index (χ1) is 14.5. The molecule has 4 rings (SSSR count). The number of hydrogen-bond donors (Lipinski definition) is 1. The third-order valence-corrected chi connectivity index (χ3v) is 4.84. The zero-order chi connectivity index (χ0) is 21.1. The summed E-state index contributed by atoms with van der Waals surface area (Å²) in [6, 6.07) is 21.4. The predicted molar refractivity (Wildman–Crippen MR) is 111 cm³/mol. The van der Waals surface area contributed by atoms with Gasteiger partial charge in [-0.25, -0.2) is 18.6 Å². The van der Waals surface area contributed by atoms with Crippen LogP contribution in [0.2, 0.25) is 0 Å². The van der Waals surface area contributed by atoms with Gasteiger partial charge >= 0.3 is 5.97 Å². The zero-order valence-corrected chi connectivity index (χ0v) is 15.8. The van der Waals surface area contributed by atoms with Crippen molar-refractivity contribution in [2.45, 2.75) is 6.42 Å². The number of carboxylic acids is 1. The Kier molecular flexibility index (Phi) is 5.35. The monoisotopic (exact) mass is 401 g/mol. The van der Waals surface area contributed by atoms with Gasteiger partial charge in [0.2, 0.25) is 0 Å². The average Bonchev–Trinajstić information content (AvgIpc) is 2.74. The molecule has 0 fully saturated rings. The highest BCUT2D eigenvalue weighted by Crippen LogP contribution is 2.36. The lowest BCUT2D eigenvalue weighted by Crippen LogP contribution is -2.01. The Morgan fingerprint density at radius 2 is 1.50 bits per heavy atom. The molecule has 0 radical (unpaired) electrons. The zero-order valence-electron chi connectivity index (χ0n) is 15.8. The third kappa shape index (κ3) is 4.10. The van der Waals surface area contributed by atoms with Crippen LogP contribution in [0.3, 0.4) is 0 Å². The van der Waals surface area contributed by atoms with E-state index in [9.17, 15) is 13.6 Å². The van der Waals surface area contributed by atoms with E-state index in [1.54, 1.807) is 18.2 Å². The van der Waals surface area contributed by atoms with E-state index in [0.29, 0.717) is 17.5 Å². The summed E-state index contributed by atoms with van der Waals surface area (Å²) < 4.78 is 27.9. The van der Waals surface area contributed by atoms with E-state index in [1.165, 1.54) is 36.5 Å². The fourth-order valence-corrected chi connectivity index (χ4v) is 3.50. The maximum atomic E-state index is 14.0. The number of aromatic carboxylic acids is 1. The van der Waals surface area contributed by atoms with Crippen LogP contribution in [0.25, 0.3) is 22.3 Å². The normalized spacial score (nSPS) is 10.7. The number of halogens is 2. The summed E-state index contributed by atoms with van der Waals surface area (Å²) in [5, 5.41) is 9.04. The number of rotatable bonds is 5. The van der Waals surface area contributed by atoms with Crippen molar-refractivity contribution in [2.24, 2.45) is 0 Å². The molecule has 0 spiro atoms. The molecule has 0 saturated heterocycles. The lowest BCUT2D eigenvalue weighted by Gasteiger charge is -2.16. The number of hydrogen-bond acceptors (Lipinski definition) is 2. The molecule has 0 unspecified atom stereocenters. The van der Waals surface area contributed by atoms with Crippen LogP contribution >= 0.6 is 0 Å². The molecular formula is C25H17F2NO2. The quantitative estimate of drug-likeness (QED) is 0.447. The topological polar surface area (TPSA) is 50.2 Å². The van der Waals surface area contributed by atoms with Gasteiger partial charge in [-0.2, -0.15) is 0 Å². The van der Waals surface area contributed by atoms with Gasteiger partial charge in [0.15, 0.2) is 0 Å². The summed E-state index contributed by atoms with van der Waals surface area (Å²) in [4.78, 5) is 15.0. The van der Waals surface area contributed by atoms with Gasteiger partial charge in [0, 0.05) is 6.20 Å². The van der Waals surface area contributed by atoms with Gasteiger partial charge in [-0.05, 0) is 70.1 Å². The second-order valence-corrected chi connectivity index (χ2v) is 6.89. The fraction of sp³-hybridized carbons (Fsp3) is 0.0400. The number of nitrogens with zero attached hydrogens (tertiary/aromatic N) is 1. The fourth-order valence-electron chi connectivity index (χ4n) is 3.50. The molecule has 0 amide bonds. The van der Waals surface area contributed by atoms with Gasteiger partial charge in [0.1, 0.15) is 17.3 Å². The molecule has 5 heteroatoms. The molecule has 0 bridgehead atoms. The minimum absolute atomic E-state index is 0.0300. The number of carboxylic acid groups (broad SMARTS) is 1. The Bertz CT molecular complexity index is 1220. The van der Waals surface area contributed by atoms with Crippen LogP contribution in [-0.4, -0.2) is 16.1 Å². The van der Waals surface area contributed by atoms with Crippen molar-refractivity contribution < 1.29 is 18.7 Å². The van der Waals surface area contributed by atoms with Gasteiger partial charge in [-0.15, -0.1) is 0 Å². The van der Waals surface area contributed by atoms with Crippen LogP contribution in [0.5, 0.6) is 0 Å². The van der Waals surface area contributed by atoms with E-state index < -0.39 is 5.97 Å². The van der Waals surface area contributed by atoms with Gasteiger partial charge in [0.05, 0.1) is 0 Å². The molecule has 0 aliphatic heterocycles. The van der Waals surface area contributed by atoms with Gasteiger partial charge in [-0.1, -0.05) is 48.5 Å². The minimum Gasteiger partial charge on any atom is -0.477 e. The molecule has 148 valence electrons. The molecule has 1 heterocycles. The van der Waals surface area contributed by atoms with Crippen LogP contribution in [0.4, 0.5) is 8.78 Å². The second-order valence-electron chi connectivity index (χ2n) is 6.89. The summed E-state index contributed by atoms with van der Waals surface area (Å²) in [6.07, 6.45) is 1.98. The Labute approximate surface area is 172 Å². The van der Waals surface area contributed by atoms with Crippen LogP contribution in [0.1, 0.15) is 21.6 Å². The number of aromatic nitrogens is 1. The van der Waals surface area contributed by atoms with Crippen LogP contribution < -0.4 is 0 Å². The molecule has 0 atom stereocenters. The van der Waals surface area contributed by atoms with Gasteiger partial charge < -0.3 is 5.11 Å². The number of carbonyl (C=O) groups is 1. The first-order valence-electron chi connectivity index (χ1n) is 9.33. The molecule has 0 aliphatic rings. The van der Waals surface area contributed by atoms with E-state index in [4.69, 9.17) is 5.11 Å². The second kappa shape index (κ2) is 8.25. The standard InChI is InChI=1S/C25H17F2NO2/c26-20-7-1-4-17(13-20)22-9-3-6-18(24(22)19-5-2-8-21(27)14-19)12-16-10-11-23(25(29)30)28-15-16/h1-11,13-15H,12H2,(H,29,30). The van der Waals surface area contributed by atoms with Crippen molar-refractivity contribution in [1.29, 1.82) is 0 Å². The number of benzene rings is 3. The molecule has 4 aromatic rings. The first-order valence-corrected chi connectivity index (χ1v) is 9.33. The van der Waals surface area contributed by atoms with E-state index in [1.807, 2.05) is 30.3 Å². The largest absolute Gasteiger partial charge is 0.477 e. The molecule has 0 aliphatic carbocycles. The Morgan fingerprint density at radius 3 is 2.13 bits per heavy atom. The molecule has 1 aromatic heterocycles. The van der Waals surface area contributed by atoms with E-state index in [0.717, 1.165) is 22.3 Å². The molecular weight excluding hydrogens is 384 g/mol. The van der Waals surface area contributed by atoms with E-state index in [2.05, 4.69) is 4.98 Å². The number of pyridine rings is 1. The van der Waals surface area contributed by atoms with Crippen molar-refractivity contribution in [3.63, 3.8) is 0 Å². The minimum atomic E-state index is -1.09. The molecule has 1 N–H and O–H groups in total. The third-order valence-electron chi connectivity index (χ3n) is 4.84. The molecule has 3 nitrogen and oxygen atoms in total. The van der Waals surface area contributed by atoms with Crippen molar-refractivity contribution >= 4 is 5.97 Å². The van der Waals surface area contributed by atoms with Crippen LogP contribution in [-0.2, 0) is 6.42 Å². The summed E-state index contributed by atoms with van der Waals surface area (Å²) in [5.41, 5.74) is 4.63. The summed E-state index contributed by atoms with van der Waals surface area (Å²) >= 11 is 0. The van der Waals surface area contributed by atoms with Gasteiger partial charge in [0.25, 0.3) is 0 Å². The van der Waals surface area contributed by atoms with Gasteiger partial charge in [-0.3, -0.25) is 0 Å². The van der Waals surface area contributed by atoms with Crippen molar-refractivity contribution in [3.8, 4) is 22.3 Å². The smallest absolute Gasteiger partial charge is 0.354 e. The highest BCUT2D eigenvalue weighted by atomic mass is 19.1. The Morgan fingerprint density at radius 1 is 0.833 bits per heavy atom. The summed E-state index contributed by atoms with van der Waals surface area (Å²) in [7, 11) is 0. The van der Waals surface area contributed by atoms with Crippen LogP contribution in [0.15, 0.2) is 85.1 Å². The highest BCUT2D eigenvalue weighted by molar-refractivity contribution is 5.86. The Balaban J connectivity index is 1.85. The average molecular weight is 401 g/mol. The van der Waals surface area contributed by atoms with Crippen molar-refractivity contribution in [1.82, 2.24) is 4.98 Å². The summed E-state index contributed by atoms with van der Waals surface area (Å²) in [5.74, 6) is -1.80. The summed E-state index contributed by atoms with van der Waals surface area (Å²) in [6.45, 7) is 0. The highest BCUT2D eigenvalue weighted by Gasteiger charge is 2.15.